The summed E-state index contributed by atoms with van der Waals surface area (Å²) in [6.45, 7) is 3.16. The fourth-order valence-corrected chi connectivity index (χ4v) is 1.37. The molecule has 0 amide bonds. The Hall–Kier alpha value is -1.16. The molecule has 0 unspecified atom stereocenters. The molecule has 0 saturated heterocycles. The molecule has 14 heavy (non-hydrogen) atoms. The molecule has 0 atom stereocenters. The lowest BCUT2D eigenvalue weighted by Gasteiger charge is -2.18. The highest BCUT2D eigenvalue weighted by Crippen LogP contribution is 2.12. The number of thiocarbonyl (C=S) groups is 1. The molecule has 0 bridgehead atoms. The van der Waals surface area contributed by atoms with Crippen LogP contribution in [0.4, 0.5) is 5.69 Å². The van der Waals surface area contributed by atoms with Crippen molar-refractivity contribution < 1.29 is 0 Å². The Morgan fingerprint density at radius 1 is 1.64 bits per heavy atom. The van der Waals surface area contributed by atoms with Gasteiger partial charge in [0.05, 0.1) is 5.69 Å². The highest BCUT2D eigenvalue weighted by atomic mass is 32.1. The molecule has 76 valence electrons. The summed E-state index contributed by atoms with van der Waals surface area (Å²) in [6.07, 6.45) is 2.84. The predicted molar refractivity (Wildman–Crippen MR) is 63.7 cm³/mol. The molecule has 1 rings (SSSR count). The smallest absolute Gasteiger partial charge is 0.122 e. The fraction of sp³-hybridized carbons (Fsp3) is 0.400. The van der Waals surface area contributed by atoms with Crippen molar-refractivity contribution in [2.75, 3.05) is 18.5 Å². The van der Waals surface area contributed by atoms with Gasteiger partial charge in [0.15, 0.2) is 0 Å². The fourth-order valence-electron chi connectivity index (χ4n) is 1.26. The Balaban J connectivity index is 2.87. The maximum absolute atomic E-state index is 5.51. The van der Waals surface area contributed by atoms with Crippen LogP contribution in [0.25, 0.3) is 0 Å². The van der Waals surface area contributed by atoms with Crippen LogP contribution in [0.15, 0.2) is 18.3 Å². The second kappa shape index (κ2) is 4.91. The number of pyridine rings is 1. The van der Waals surface area contributed by atoms with E-state index in [1.54, 1.807) is 6.20 Å². The molecule has 0 fully saturated rings. The van der Waals surface area contributed by atoms with Crippen molar-refractivity contribution in [1.29, 1.82) is 0 Å². The van der Waals surface area contributed by atoms with Gasteiger partial charge in [0.25, 0.3) is 0 Å². The number of nitrogens with two attached hydrogens (primary N) is 1. The maximum Gasteiger partial charge on any atom is 0.122 e. The Labute approximate surface area is 89.9 Å². The van der Waals surface area contributed by atoms with E-state index in [9.17, 15) is 0 Å². The molecule has 1 aromatic rings. The van der Waals surface area contributed by atoms with Crippen LogP contribution in [0.2, 0.25) is 0 Å². The average Bonchev–Trinajstić information content (AvgIpc) is 2.18. The number of anilines is 1. The number of hydrogen-bond donors (Lipinski definition) is 1. The summed E-state index contributed by atoms with van der Waals surface area (Å²) in [7, 11) is 2.04. The van der Waals surface area contributed by atoms with E-state index in [4.69, 9.17) is 18.0 Å². The lowest BCUT2D eigenvalue weighted by molar-refractivity contribution is 0.851. The zero-order chi connectivity index (χ0) is 10.6. The number of nitrogens with zero attached hydrogens (tertiary/aromatic N) is 2. The van der Waals surface area contributed by atoms with Crippen molar-refractivity contribution in [3.63, 3.8) is 0 Å². The summed E-state index contributed by atoms with van der Waals surface area (Å²) in [5, 5.41) is 0. The highest BCUT2D eigenvalue weighted by molar-refractivity contribution is 7.80. The van der Waals surface area contributed by atoms with Crippen molar-refractivity contribution in [3.05, 3.63) is 24.0 Å². The first kappa shape index (κ1) is 10.9. The largest absolute Gasteiger partial charge is 0.388 e. The van der Waals surface area contributed by atoms with Gasteiger partial charge in [-0.2, -0.15) is 0 Å². The van der Waals surface area contributed by atoms with E-state index in [1.165, 1.54) is 0 Å². The molecule has 0 aliphatic rings. The summed E-state index contributed by atoms with van der Waals surface area (Å²) >= 11 is 4.87. The van der Waals surface area contributed by atoms with Crippen LogP contribution >= 0.6 is 12.2 Å². The molecule has 4 heteroatoms. The Morgan fingerprint density at radius 2 is 2.36 bits per heavy atom. The van der Waals surface area contributed by atoms with Gasteiger partial charge < -0.3 is 10.6 Å². The molecule has 0 saturated carbocycles. The zero-order valence-electron chi connectivity index (χ0n) is 8.53. The summed E-state index contributed by atoms with van der Waals surface area (Å²) < 4.78 is 0. The summed E-state index contributed by atoms with van der Waals surface area (Å²) in [4.78, 5) is 6.59. The van der Waals surface area contributed by atoms with Gasteiger partial charge in [-0.3, -0.25) is 4.98 Å². The molecular weight excluding hydrogens is 194 g/mol. The molecule has 0 aliphatic carbocycles. The number of rotatable bonds is 4. The normalized spacial score (nSPS) is 9.86. The standard InChI is InChI=1S/C10H15N3S/c1-3-6-13(2)8-4-5-12-9(7-8)10(11)14/h4-5,7H,3,6H2,1-2H3,(H2,11,14). The SMILES string of the molecule is CCCN(C)c1ccnc(C(N)=S)c1. The first-order chi connectivity index (χ1) is 6.65. The van der Waals surface area contributed by atoms with Crippen LogP contribution in [-0.4, -0.2) is 23.6 Å². The quantitative estimate of drug-likeness (QED) is 0.764. The third-order valence-electron chi connectivity index (χ3n) is 2.00. The van der Waals surface area contributed by atoms with Gasteiger partial charge in [-0.15, -0.1) is 0 Å². The molecule has 0 aromatic carbocycles. The van der Waals surface area contributed by atoms with E-state index in [2.05, 4.69) is 16.8 Å². The third kappa shape index (κ3) is 2.67. The van der Waals surface area contributed by atoms with Crippen LogP contribution in [0, 0.1) is 0 Å². The molecule has 3 nitrogen and oxygen atoms in total. The van der Waals surface area contributed by atoms with Gasteiger partial charge in [-0.1, -0.05) is 19.1 Å². The monoisotopic (exact) mass is 209 g/mol. The Morgan fingerprint density at radius 3 is 2.93 bits per heavy atom. The first-order valence-corrected chi connectivity index (χ1v) is 5.03. The second-order valence-electron chi connectivity index (χ2n) is 3.19. The topological polar surface area (TPSA) is 42.2 Å². The van der Waals surface area contributed by atoms with Crippen molar-refractivity contribution in [2.45, 2.75) is 13.3 Å². The Kier molecular flexibility index (Phi) is 3.83. The third-order valence-corrected chi connectivity index (χ3v) is 2.20. The minimum atomic E-state index is 0.344. The lowest BCUT2D eigenvalue weighted by atomic mass is 10.3. The first-order valence-electron chi connectivity index (χ1n) is 4.62. The van der Waals surface area contributed by atoms with Gasteiger partial charge in [-0.05, 0) is 18.6 Å². The van der Waals surface area contributed by atoms with E-state index in [1.807, 2.05) is 19.2 Å². The summed E-state index contributed by atoms with van der Waals surface area (Å²) in [6, 6.07) is 3.87. The summed E-state index contributed by atoms with van der Waals surface area (Å²) in [5.41, 5.74) is 7.29. The van der Waals surface area contributed by atoms with Gasteiger partial charge >= 0.3 is 0 Å². The van der Waals surface area contributed by atoms with E-state index in [0.717, 1.165) is 18.7 Å². The average molecular weight is 209 g/mol. The van der Waals surface area contributed by atoms with E-state index < -0.39 is 0 Å². The molecule has 2 N–H and O–H groups in total. The molecule has 1 aromatic heterocycles. The van der Waals surface area contributed by atoms with Crippen molar-refractivity contribution in [3.8, 4) is 0 Å². The predicted octanol–water partition coefficient (Wildman–Crippen LogP) is 1.56. The molecule has 0 aliphatic heterocycles. The van der Waals surface area contributed by atoms with Gasteiger partial charge in [0, 0.05) is 25.5 Å². The van der Waals surface area contributed by atoms with Crippen LogP contribution < -0.4 is 10.6 Å². The van der Waals surface area contributed by atoms with Crippen LogP contribution in [0.1, 0.15) is 19.0 Å². The Bertz CT molecular complexity index is 325. The highest BCUT2D eigenvalue weighted by Gasteiger charge is 2.02. The maximum atomic E-state index is 5.51. The molecule has 0 spiro atoms. The van der Waals surface area contributed by atoms with Crippen LogP contribution in [0.3, 0.4) is 0 Å². The van der Waals surface area contributed by atoms with Gasteiger partial charge in [0.1, 0.15) is 4.99 Å². The zero-order valence-corrected chi connectivity index (χ0v) is 9.34. The van der Waals surface area contributed by atoms with Gasteiger partial charge in [0.2, 0.25) is 0 Å². The van der Waals surface area contributed by atoms with E-state index >= 15 is 0 Å². The molecule has 1 heterocycles. The van der Waals surface area contributed by atoms with Gasteiger partial charge in [-0.25, -0.2) is 0 Å². The van der Waals surface area contributed by atoms with Crippen LogP contribution in [0.5, 0.6) is 0 Å². The minimum absolute atomic E-state index is 0.344. The molecular formula is C10H15N3S. The second-order valence-corrected chi connectivity index (χ2v) is 3.62. The van der Waals surface area contributed by atoms with E-state index in [0.29, 0.717) is 10.7 Å². The van der Waals surface area contributed by atoms with Crippen LogP contribution in [-0.2, 0) is 0 Å². The van der Waals surface area contributed by atoms with Crippen molar-refractivity contribution >= 4 is 22.9 Å². The van der Waals surface area contributed by atoms with Crippen molar-refractivity contribution in [1.82, 2.24) is 4.98 Å². The minimum Gasteiger partial charge on any atom is -0.388 e. The van der Waals surface area contributed by atoms with E-state index in [-0.39, 0.29) is 0 Å². The number of aromatic nitrogens is 1. The van der Waals surface area contributed by atoms with Crippen molar-refractivity contribution in [2.24, 2.45) is 5.73 Å². The number of hydrogen-bond acceptors (Lipinski definition) is 3. The lowest BCUT2D eigenvalue weighted by Crippen LogP contribution is -2.19. The summed E-state index contributed by atoms with van der Waals surface area (Å²) in [5.74, 6) is 0. The molecule has 0 radical (unpaired) electrons.